The number of rotatable bonds is 5. The number of methoxy groups -OCH3 is 1. The molecule has 2 N–H and O–H groups in total. The topological polar surface area (TPSA) is 76.7 Å². The third-order valence-electron chi connectivity index (χ3n) is 3.51. The number of nitrogens with one attached hydrogen (secondary N) is 2. The Morgan fingerprint density at radius 3 is 2.52 bits per heavy atom. The van der Waals surface area contributed by atoms with Crippen molar-refractivity contribution in [3.05, 3.63) is 64.3 Å². The van der Waals surface area contributed by atoms with Crippen LogP contribution in [-0.4, -0.2) is 19.0 Å². The first-order valence-corrected chi connectivity index (χ1v) is 7.83. The number of carbonyl (C=O) groups is 2. The number of benzene rings is 2. The lowest BCUT2D eigenvalue weighted by Crippen LogP contribution is -2.22. The predicted octanol–water partition coefficient (Wildman–Crippen LogP) is 3.11. The quantitative estimate of drug-likeness (QED) is 0.636. The van der Waals surface area contributed by atoms with E-state index in [0.29, 0.717) is 28.7 Å². The summed E-state index contributed by atoms with van der Waals surface area (Å²) in [7, 11) is 1.50. The van der Waals surface area contributed by atoms with Gasteiger partial charge in [-0.1, -0.05) is 41.9 Å². The molecule has 128 valence electrons. The van der Waals surface area contributed by atoms with Crippen LogP contribution in [0.4, 0.5) is 4.79 Å². The van der Waals surface area contributed by atoms with Crippen LogP contribution in [0, 0.1) is 0 Å². The monoisotopic (exact) mass is 358 g/mol. The Bertz CT molecular complexity index is 850. The van der Waals surface area contributed by atoms with E-state index < -0.39 is 11.9 Å². The molecule has 7 heteroatoms. The smallest absolute Gasteiger partial charge is 0.326 e. The summed E-state index contributed by atoms with van der Waals surface area (Å²) in [4.78, 5) is 22.8. The molecule has 0 saturated carbocycles. The Morgan fingerprint density at radius 2 is 1.88 bits per heavy atom. The maximum Gasteiger partial charge on any atom is 0.326 e. The van der Waals surface area contributed by atoms with Gasteiger partial charge in [0.25, 0.3) is 5.91 Å². The number of halogens is 1. The molecule has 1 heterocycles. The van der Waals surface area contributed by atoms with Crippen molar-refractivity contribution in [3.8, 4) is 11.5 Å². The fourth-order valence-electron chi connectivity index (χ4n) is 2.34. The van der Waals surface area contributed by atoms with Crippen molar-refractivity contribution in [2.45, 2.75) is 6.61 Å². The summed E-state index contributed by atoms with van der Waals surface area (Å²) in [5, 5.41) is 4.89. The first-order chi connectivity index (χ1) is 12.1. The molecule has 1 aliphatic rings. The molecule has 1 aliphatic heterocycles. The summed E-state index contributed by atoms with van der Waals surface area (Å²) in [6.07, 6.45) is 1.51. The second-order valence-corrected chi connectivity index (χ2v) is 5.68. The van der Waals surface area contributed by atoms with Gasteiger partial charge >= 0.3 is 6.03 Å². The van der Waals surface area contributed by atoms with Crippen molar-refractivity contribution in [2.24, 2.45) is 0 Å². The minimum atomic E-state index is -0.558. The summed E-state index contributed by atoms with van der Waals surface area (Å²) in [6, 6.07) is 12.4. The highest BCUT2D eigenvalue weighted by molar-refractivity contribution is 6.32. The SMILES string of the molecule is COc1cc(/C=C2/NC(=O)NC2=O)cc(Cl)c1OCc1ccccc1. The van der Waals surface area contributed by atoms with E-state index in [1.165, 1.54) is 13.2 Å². The van der Waals surface area contributed by atoms with E-state index in [2.05, 4.69) is 10.6 Å². The van der Waals surface area contributed by atoms with Gasteiger partial charge in [0, 0.05) is 0 Å². The molecule has 2 aromatic rings. The van der Waals surface area contributed by atoms with Gasteiger partial charge in [-0.05, 0) is 29.3 Å². The van der Waals surface area contributed by atoms with Crippen molar-refractivity contribution < 1.29 is 19.1 Å². The van der Waals surface area contributed by atoms with Crippen molar-refractivity contribution in [1.29, 1.82) is 0 Å². The van der Waals surface area contributed by atoms with Crippen LogP contribution in [0.1, 0.15) is 11.1 Å². The van der Waals surface area contributed by atoms with Crippen LogP contribution in [0.25, 0.3) is 6.08 Å². The number of amides is 3. The molecule has 3 rings (SSSR count). The number of ether oxygens (including phenoxy) is 2. The molecule has 0 atom stereocenters. The zero-order chi connectivity index (χ0) is 17.8. The number of carbonyl (C=O) groups excluding carboxylic acids is 2. The summed E-state index contributed by atoms with van der Waals surface area (Å²) >= 11 is 6.31. The standard InChI is InChI=1S/C18H15ClN2O4/c1-24-15-9-12(8-14-17(22)21-18(23)20-14)7-13(19)16(15)25-10-11-5-3-2-4-6-11/h2-9H,10H2,1H3,(H2,20,21,22,23)/b14-8+. The highest BCUT2D eigenvalue weighted by Crippen LogP contribution is 2.37. The van der Waals surface area contributed by atoms with Gasteiger partial charge in [0.2, 0.25) is 0 Å². The number of hydrogen-bond acceptors (Lipinski definition) is 4. The minimum absolute atomic E-state index is 0.140. The summed E-state index contributed by atoms with van der Waals surface area (Å²) < 4.78 is 11.1. The molecule has 0 spiro atoms. The Morgan fingerprint density at radius 1 is 1.12 bits per heavy atom. The summed E-state index contributed by atoms with van der Waals surface area (Å²) in [5.41, 5.74) is 1.74. The Kier molecular flexibility index (Phi) is 4.90. The van der Waals surface area contributed by atoms with Crippen LogP contribution in [0.15, 0.2) is 48.2 Å². The van der Waals surface area contributed by atoms with Crippen LogP contribution in [0.3, 0.4) is 0 Å². The third kappa shape index (κ3) is 3.92. The van der Waals surface area contributed by atoms with Crippen LogP contribution >= 0.6 is 11.6 Å². The van der Waals surface area contributed by atoms with Gasteiger partial charge in [-0.25, -0.2) is 4.79 Å². The van der Waals surface area contributed by atoms with Gasteiger partial charge in [-0.15, -0.1) is 0 Å². The molecule has 0 radical (unpaired) electrons. The van der Waals surface area contributed by atoms with Gasteiger partial charge < -0.3 is 14.8 Å². The lowest BCUT2D eigenvalue weighted by molar-refractivity contribution is -0.115. The molecule has 1 fully saturated rings. The van der Waals surface area contributed by atoms with E-state index in [1.807, 2.05) is 30.3 Å². The van der Waals surface area contributed by atoms with Gasteiger partial charge in [-0.3, -0.25) is 10.1 Å². The van der Waals surface area contributed by atoms with E-state index in [9.17, 15) is 9.59 Å². The first kappa shape index (κ1) is 16.9. The van der Waals surface area contributed by atoms with Crippen molar-refractivity contribution in [1.82, 2.24) is 10.6 Å². The fourth-order valence-corrected chi connectivity index (χ4v) is 2.62. The highest BCUT2D eigenvalue weighted by Gasteiger charge is 2.23. The molecular weight excluding hydrogens is 344 g/mol. The summed E-state index contributed by atoms with van der Waals surface area (Å²) in [6.45, 7) is 0.343. The van der Waals surface area contributed by atoms with Gasteiger partial charge in [0.15, 0.2) is 11.5 Å². The second-order valence-electron chi connectivity index (χ2n) is 5.27. The normalized spacial score (nSPS) is 15.0. The molecule has 3 amide bonds. The molecular formula is C18H15ClN2O4. The van der Waals surface area contributed by atoms with E-state index in [4.69, 9.17) is 21.1 Å². The lowest BCUT2D eigenvalue weighted by atomic mass is 10.1. The maximum absolute atomic E-state index is 11.6. The summed E-state index contributed by atoms with van der Waals surface area (Å²) in [5.74, 6) is 0.347. The van der Waals surface area contributed by atoms with E-state index >= 15 is 0 Å². The van der Waals surface area contributed by atoms with Crippen LogP contribution in [0.2, 0.25) is 5.02 Å². The van der Waals surface area contributed by atoms with Crippen molar-refractivity contribution >= 4 is 29.6 Å². The zero-order valence-electron chi connectivity index (χ0n) is 13.3. The van der Waals surface area contributed by atoms with E-state index in [0.717, 1.165) is 5.56 Å². The van der Waals surface area contributed by atoms with Gasteiger partial charge in [-0.2, -0.15) is 0 Å². The second kappa shape index (κ2) is 7.27. The van der Waals surface area contributed by atoms with Crippen molar-refractivity contribution in [3.63, 3.8) is 0 Å². The van der Waals surface area contributed by atoms with E-state index in [1.54, 1.807) is 12.1 Å². The Labute approximate surface area is 149 Å². The van der Waals surface area contributed by atoms with Crippen LogP contribution in [0.5, 0.6) is 11.5 Å². The minimum Gasteiger partial charge on any atom is -0.493 e. The molecule has 1 saturated heterocycles. The third-order valence-corrected chi connectivity index (χ3v) is 3.79. The maximum atomic E-state index is 11.6. The first-order valence-electron chi connectivity index (χ1n) is 7.45. The zero-order valence-corrected chi connectivity index (χ0v) is 14.1. The number of imide groups is 1. The molecule has 0 bridgehead atoms. The van der Waals surface area contributed by atoms with Gasteiger partial charge in [0.05, 0.1) is 12.1 Å². The Hall–Kier alpha value is -2.99. The largest absolute Gasteiger partial charge is 0.493 e. The Balaban J connectivity index is 1.85. The number of hydrogen-bond donors (Lipinski definition) is 2. The highest BCUT2D eigenvalue weighted by atomic mass is 35.5. The molecule has 2 aromatic carbocycles. The molecule has 0 aromatic heterocycles. The number of urea groups is 1. The van der Waals surface area contributed by atoms with Crippen LogP contribution in [-0.2, 0) is 11.4 Å². The van der Waals surface area contributed by atoms with Crippen molar-refractivity contribution in [2.75, 3.05) is 7.11 Å². The predicted molar refractivity (Wildman–Crippen MR) is 93.4 cm³/mol. The molecule has 0 unspecified atom stereocenters. The molecule has 0 aliphatic carbocycles. The van der Waals surface area contributed by atoms with Crippen LogP contribution < -0.4 is 20.1 Å². The lowest BCUT2D eigenvalue weighted by Gasteiger charge is -2.13. The average Bonchev–Trinajstić information content (AvgIpc) is 2.91. The van der Waals surface area contributed by atoms with Gasteiger partial charge in [0.1, 0.15) is 12.3 Å². The molecule has 25 heavy (non-hydrogen) atoms. The average molecular weight is 359 g/mol. The molecule has 6 nitrogen and oxygen atoms in total. The fraction of sp³-hybridized carbons (Fsp3) is 0.111. The van der Waals surface area contributed by atoms with E-state index in [-0.39, 0.29) is 5.70 Å².